The van der Waals surface area contributed by atoms with E-state index in [9.17, 15) is 4.79 Å². The summed E-state index contributed by atoms with van der Waals surface area (Å²) < 4.78 is 1.67. The highest BCUT2D eigenvalue weighted by atomic mass is 32.1. The smallest absolute Gasteiger partial charge is 0.335 e. The lowest BCUT2D eigenvalue weighted by Crippen LogP contribution is -2.02. The molecule has 19 heavy (non-hydrogen) atoms. The predicted molar refractivity (Wildman–Crippen MR) is 70.4 cm³/mol. The summed E-state index contributed by atoms with van der Waals surface area (Å²) in [6.45, 7) is 2.49. The van der Waals surface area contributed by atoms with E-state index in [1.54, 1.807) is 28.2 Å². The monoisotopic (exact) mass is 274 g/mol. The third-order valence-corrected chi connectivity index (χ3v) is 3.61. The summed E-state index contributed by atoms with van der Waals surface area (Å²) in [6.07, 6.45) is 1.81. The Kier molecular flexibility index (Phi) is 2.75. The minimum Gasteiger partial charge on any atom is -0.478 e. The van der Waals surface area contributed by atoms with Crippen molar-refractivity contribution in [2.24, 2.45) is 0 Å². The number of carboxylic acid groups (broad SMARTS) is 1. The van der Waals surface area contributed by atoms with Crippen LogP contribution in [0.25, 0.3) is 11.0 Å². The average molecular weight is 274 g/mol. The Morgan fingerprint density at radius 3 is 3.00 bits per heavy atom. The van der Waals surface area contributed by atoms with E-state index in [4.69, 9.17) is 5.11 Å². The largest absolute Gasteiger partial charge is 0.478 e. The molecule has 7 heteroatoms. The fourth-order valence-electron chi connectivity index (χ4n) is 1.82. The Bertz CT molecular complexity index is 762. The van der Waals surface area contributed by atoms with Gasteiger partial charge in [0.25, 0.3) is 0 Å². The molecule has 2 aromatic heterocycles. The van der Waals surface area contributed by atoms with Crippen LogP contribution < -0.4 is 0 Å². The number of carbonyl (C=O) groups is 1. The van der Waals surface area contributed by atoms with Gasteiger partial charge >= 0.3 is 5.97 Å². The zero-order valence-corrected chi connectivity index (χ0v) is 10.9. The second-order valence-electron chi connectivity index (χ2n) is 4.12. The molecule has 3 rings (SSSR count). The number of benzene rings is 1. The van der Waals surface area contributed by atoms with Crippen LogP contribution in [0.4, 0.5) is 0 Å². The minimum absolute atomic E-state index is 0.228. The highest BCUT2D eigenvalue weighted by Gasteiger charge is 2.10. The number of hydrogen-bond donors (Lipinski definition) is 1. The van der Waals surface area contributed by atoms with E-state index in [0.29, 0.717) is 17.6 Å². The van der Waals surface area contributed by atoms with E-state index in [0.717, 1.165) is 9.88 Å². The molecule has 0 radical (unpaired) electrons. The molecule has 2 heterocycles. The first-order valence-corrected chi connectivity index (χ1v) is 6.43. The SMILES string of the molecule is Cc1cnc(Cn2nnc3ccc(C(=O)O)cc32)s1. The second-order valence-corrected chi connectivity index (χ2v) is 5.44. The summed E-state index contributed by atoms with van der Waals surface area (Å²) in [5.41, 5.74) is 1.61. The lowest BCUT2D eigenvalue weighted by atomic mass is 10.2. The normalized spacial score (nSPS) is 11.0. The third kappa shape index (κ3) is 2.19. The molecule has 0 bridgehead atoms. The number of nitrogens with zero attached hydrogens (tertiary/aromatic N) is 4. The molecule has 96 valence electrons. The molecule has 0 spiro atoms. The van der Waals surface area contributed by atoms with Crippen molar-refractivity contribution in [1.29, 1.82) is 0 Å². The van der Waals surface area contributed by atoms with Crippen molar-refractivity contribution in [3.8, 4) is 0 Å². The maximum Gasteiger partial charge on any atom is 0.335 e. The van der Waals surface area contributed by atoms with Crippen LogP contribution >= 0.6 is 11.3 Å². The van der Waals surface area contributed by atoms with E-state index >= 15 is 0 Å². The van der Waals surface area contributed by atoms with Crippen LogP contribution in [-0.2, 0) is 6.54 Å². The molecule has 6 nitrogen and oxygen atoms in total. The van der Waals surface area contributed by atoms with Gasteiger partial charge in [0.2, 0.25) is 0 Å². The molecular weight excluding hydrogens is 264 g/mol. The zero-order valence-electron chi connectivity index (χ0n) is 10.1. The lowest BCUT2D eigenvalue weighted by Gasteiger charge is -1.99. The molecule has 0 saturated heterocycles. The molecule has 0 unspecified atom stereocenters. The van der Waals surface area contributed by atoms with Gasteiger partial charge in [-0.3, -0.25) is 0 Å². The van der Waals surface area contributed by atoms with E-state index in [-0.39, 0.29) is 5.56 Å². The van der Waals surface area contributed by atoms with Crippen LogP contribution in [-0.4, -0.2) is 31.1 Å². The average Bonchev–Trinajstić information content (AvgIpc) is 2.96. The number of aryl methyl sites for hydroxylation is 1. The summed E-state index contributed by atoms with van der Waals surface area (Å²) in [7, 11) is 0. The predicted octanol–water partition coefficient (Wildman–Crippen LogP) is 1.94. The van der Waals surface area contributed by atoms with Gasteiger partial charge in [0, 0.05) is 11.1 Å². The Morgan fingerprint density at radius 2 is 2.32 bits per heavy atom. The van der Waals surface area contributed by atoms with Crippen molar-refractivity contribution >= 4 is 28.3 Å². The van der Waals surface area contributed by atoms with Gasteiger partial charge in [-0.05, 0) is 25.1 Å². The Labute approximate surface area is 112 Å². The van der Waals surface area contributed by atoms with Crippen molar-refractivity contribution in [2.75, 3.05) is 0 Å². The molecule has 0 atom stereocenters. The summed E-state index contributed by atoms with van der Waals surface area (Å²) in [6, 6.07) is 4.77. The van der Waals surface area contributed by atoms with Crippen LogP contribution in [0.5, 0.6) is 0 Å². The lowest BCUT2D eigenvalue weighted by molar-refractivity contribution is 0.0697. The van der Waals surface area contributed by atoms with Gasteiger partial charge in [0.1, 0.15) is 10.5 Å². The first-order chi connectivity index (χ1) is 9.13. The molecule has 0 fully saturated rings. The summed E-state index contributed by atoms with van der Waals surface area (Å²) >= 11 is 1.59. The van der Waals surface area contributed by atoms with Gasteiger partial charge in [-0.15, -0.1) is 16.4 Å². The van der Waals surface area contributed by atoms with E-state index in [1.165, 1.54) is 6.07 Å². The quantitative estimate of drug-likeness (QED) is 0.789. The summed E-state index contributed by atoms with van der Waals surface area (Å²) in [4.78, 5) is 16.4. The van der Waals surface area contributed by atoms with Gasteiger partial charge in [-0.25, -0.2) is 14.5 Å². The number of thiazole rings is 1. The topological polar surface area (TPSA) is 80.9 Å². The minimum atomic E-state index is -0.959. The van der Waals surface area contributed by atoms with Crippen LogP contribution in [0.1, 0.15) is 20.2 Å². The number of fused-ring (bicyclic) bond motifs is 1. The zero-order chi connectivity index (χ0) is 13.4. The Morgan fingerprint density at radius 1 is 1.47 bits per heavy atom. The molecule has 0 aliphatic rings. The highest BCUT2D eigenvalue weighted by molar-refractivity contribution is 7.11. The second kappa shape index (κ2) is 4.43. The van der Waals surface area contributed by atoms with Crippen molar-refractivity contribution in [3.05, 3.63) is 39.8 Å². The van der Waals surface area contributed by atoms with Gasteiger partial charge in [0.15, 0.2) is 0 Å². The van der Waals surface area contributed by atoms with E-state index < -0.39 is 5.97 Å². The molecule has 3 aromatic rings. The van der Waals surface area contributed by atoms with Crippen molar-refractivity contribution < 1.29 is 9.90 Å². The number of rotatable bonds is 3. The third-order valence-electron chi connectivity index (χ3n) is 2.72. The van der Waals surface area contributed by atoms with E-state index in [1.807, 2.05) is 13.1 Å². The Hall–Kier alpha value is -2.28. The van der Waals surface area contributed by atoms with Crippen molar-refractivity contribution in [1.82, 2.24) is 20.0 Å². The van der Waals surface area contributed by atoms with E-state index in [2.05, 4.69) is 15.3 Å². The fraction of sp³-hybridized carbons (Fsp3) is 0.167. The van der Waals surface area contributed by atoms with Gasteiger partial charge in [-0.1, -0.05) is 5.21 Å². The van der Waals surface area contributed by atoms with Crippen LogP contribution in [0.2, 0.25) is 0 Å². The number of aromatic carboxylic acids is 1. The summed E-state index contributed by atoms with van der Waals surface area (Å²) in [5, 5.41) is 18.0. The Balaban J connectivity index is 2.03. The standard InChI is InChI=1S/C12H10N4O2S/c1-7-5-13-11(19-7)6-16-10-4-8(12(17)18)2-3-9(10)14-15-16/h2-5H,6H2,1H3,(H,17,18). The maximum atomic E-state index is 11.0. The molecule has 1 aromatic carbocycles. The van der Waals surface area contributed by atoms with Crippen molar-refractivity contribution in [3.63, 3.8) is 0 Å². The molecule has 0 aliphatic carbocycles. The molecule has 0 aliphatic heterocycles. The van der Waals surface area contributed by atoms with Gasteiger partial charge in [-0.2, -0.15) is 0 Å². The van der Waals surface area contributed by atoms with Crippen LogP contribution in [0.15, 0.2) is 24.4 Å². The maximum absolute atomic E-state index is 11.0. The van der Waals surface area contributed by atoms with Gasteiger partial charge in [0.05, 0.1) is 17.6 Å². The van der Waals surface area contributed by atoms with Gasteiger partial charge < -0.3 is 5.11 Å². The highest BCUT2D eigenvalue weighted by Crippen LogP contribution is 2.17. The first-order valence-electron chi connectivity index (χ1n) is 5.61. The number of hydrogen-bond acceptors (Lipinski definition) is 5. The van der Waals surface area contributed by atoms with Crippen LogP contribution in [0.3, 0.4) is 0 Å². The molecule has 0 amide bonds. The fourth-order valence-corrected chi connectivity index (χ4v) is 2.59. The van der Waals surface area contributed by atoms with Crippen LogP contribution in [0, 0.1) is 6.92 Å². The number of carboxylic acids is 1. The first kappa shape index (κ1) is 11.8. The molecule has 1 N–H and O–H groups in total. The summed E-state index contributed by atoms with van der Waals surface area (Å²) in [5.74, 6) is -0.959. The molecular formula is C12H10N4O2S. The van der Waals surface area contributed by atoms with Crippen molar-refractivity contribution in [2.45, 2.75) is 13.5 Å². The number of aromatic nitrogens is 4. The molecule has 0 saturated carbocycles.